The molecule has 0 spiro atoms. The van der Waals surface area contributed by atoms with Gasteiger partial charge in [0.25, 0.3) is 0 Å². The highest BCUT2D eigenvalue weighted by Crippen LogP contribution is 2.35. The predicted molar refractivity (Wildman–Crippen MR) is 72.2 cm³/mol. The highest BCUT2D eigenvalue weighted by Gasteiger charge is 2.33. The predicted octanol–water partition coefficient (Wildman–Crippen LogP) is 2.39. The molecular formula is C13H23NO2S. The van der Waals surface area contributed by atoms with Crippen molar-refractivity contribution in [2.75, 3.05) is 5.75 Å². The molecule has 4 heteroatoms. The van der Waals surface area contributed by atoms with Crippen LogP contribution in [0.4, 0.5) is 0 Å². The van der Waals surface area contributed by atoms with Gasteiger partial charge >= 0.3 is 0 Å². The maximum atomic E-state index is 11.0. The van der Waals surface area contributed by atoms with Gasteiger partial charge in [-0.25, -0.2) is 0 Å². The van der Waals surface area contributed by atoms with Gasteiger partial charge < -0.3 is 10.1 Å². The van der Waals surface area contributed by atoms with Crippen LogP contribution in [-0.4, -0.2) is 28.7 Å². The molecule has 1 rings (SSSR count). The van der Waals surface area contributed by atoms with Gasteiger partial charge in [0.2, 0.25) is 5.91 Å². The Morgan fingerprint density at radius 3 is 2.59 bits per heavy atom. The van der Waals surface area contributed by atoms with Crippen LogP contribution >= 0.6 is 11.8 Å². The molecule has 0 bridgehead atoms. The van der Waals surface area contributed by atoms with Gasteiger partial charge in [0.15, 0.2) is 0 Å². The third-order valence-corrected chi connectivity index (χ3v) is 5.01. The molecule has 3 unspecified atom stereocenters. The van der Waals surface area contributed by atoms with Gasteiger partial charge in [-0.15, -0.1) is 0 Å². The smallest absolute Gasteiger partial charge is 0.217 e. The molecule has 17 heavy (non-hydrogen) atoms. The summed E-state index contributed by atoms with van der Waals surface area (Å²) in [7, 11) is 0. The van der Waals surface area contributed by atoms with Crippen LogP contribution in [0.2, 0.25) is 0 Å². The first-order chi connectivity index (χ1) is 8.00. The molecule has 1 heterocycles. The van der Waals surface area contributed by atoms with Gasteiger partial charge in [0.1, 0.15) is 5.78 Å². The molecule has 0 aromatic carbocycles. The van der Waals surface area contributed by atoms with Crippen molar-refractivity contribution in [1.29, 1.82) is 0 Å². The number of carbonyl (C=O) groups excluding carboxylic acids is 2. The second-order valence-corrected chi connectivity index (χ2v) is 6.26. The lowest BCUT2D eigenvalue weighted by Crippen LogP contribution is -2.38. The van der Waals surface area contributed by atoms with Crippen LogP contribution < -0.4 is 5.32 Å². The van der Waals surface area contributed by atoms with Crippen LogP contribution in [0.5, 0.6) is 0 Å². The van der Waals surface area contributed by atoms with Crippen molar-refractivity contribution in [2.24, 2.45) is 5.92 Å². The Bertz CT molecular complexity index is 281. The third-order valence-electron chi connectivity index (χ3n) is 3.37. The van der Waals surface area contributed by atoms with Crippen molar-refractivity contribution in [1.82, 2.24) is 5.32 Å². The lowest BCUT2D eigenvalue weighted by Gasteiger charge is -2.20. The molecule has 0 aromatic rings. The molecule has 0 saturated carbocycles. The van der Waals surface area contributed by atoms with E-state index >= 15 is 0 Å². The molecule has 3 atom stereocenters. The molecule has 1 amide bonds. The molecule has 1 fully saturated rings. The van der Waals surface area contributed by atoms with E-state index < -0.39 is 0 Å². The number of nitrogens with one attached hydrogen (secondary N) is 1. The quantitative estimate of drug-likeness (QED) is 0.743. The Balaban J connectivity index is 2.22. The lowest BCUT2D eigenvalue weighted by atomic mass is 9.96. The topological polar surface area (TPSA) is 46.2 Å². The first kappa shape index (κ1) is 14.6. The van der Waals surface area contributed by atoms with E-state index in [9.17, 15) is 9.59 Å². The first-order valence-electron chi connectivity index (χ1n) is 6.39. The number of carbonyl (C=O) groups is 2. The maximum Gasteiger partial charge on any atom is 0.217 e. The summed E-state index contributed by atoms with van der Waals surface area (Å²) in [6.45, 7) is 5.45. The number of unbranched alkanes of at least 4 members (excludes halogenated alkanes) is 1. The first-order valence-corrected chi connectivity index (χ1v) is 7.43. The average Bonchev–Trinajstić information content (AvgIpc) is 2.55. The Morgan fingerprint density at radius 1 is 1.29 bits per heavy atom. The second kappa shape index (κ2) is 7.04. The minimum absolute atomic E-state index is 0.0691. The minimum atomic E-state index is 0.0691. The summed E-state index contributed by atoms with van der Waals surface area (Å²) in [6, 6.07) is 0.329. The summed E-state index contributed by atoms with van der Waals surface area (Å²) < 4.78 is 0. The maximum absolute atomic E-state index is 11.0. The van der Waals surface area contributed by atoms with E-state index in [1.165, 1.54) is 0 Å². The SMILES string of the molecule is CC(=O)CCCCC1SCC(NC(C)=O)C1C. The van der Waals surface area contributed by atoms with Crippen LogP contribution in [0, 0.1) is 5.92 Å². The van der Waals surface area contributed by atoms with E-state index in [-0.39, 0.29) is 11.7 Å². The lowest BCUT2D eigenvalue weighted by molar-refractivity contribution is -0.120. The molecule has 1 N–H and O–H groups in total. The molecule has 0 aromatic heterocycles. The molecular weight excluding hydrogens is 234 g/mol. The number of thioether (sulfide) groups is 1. The zero-order valence-electron chi connectivity index (χ0n) is 11.0. The van der Waals surface area contributed by atoms with E-state index in [1.54, 1.807) is 13.8 Å². The normalized spacial score (nSPS) is 28.1. The van der Waals surface area contributed by atoms with Crippen molar-refractivity contribution in [2.45, 2.75) is 57.7 Å². The van der Waals surface area contributed by atoms with Gasteiger partial charge in [0.05, 0.1) is 0 Å². The van der Waals surface area contributed by atoms with Crippen molar-refractivity contribution < 1.29 is 9.59 Å². The Kier molecular flexibility index (Phi) is 6.03. The standard InChI is InChI=1S/C13H23NO2S/c1-9(15)6-4-5-7-13-10(2)12(8-17-13)14-11(3)16/h10,12-13H,4-8H2,1-3H3,(H,14,16). The van der Waals surface area contributed by atoms with Crippen molar-refractivity contribution in [3.63, 3.8) is 0 Å². The van der Waals surface area contributed by atoms with Crippen molar-refractivity contribution in [3.05, 3.63) is 0 Å². The van der Waals surface area contributed by atoms with Gasteiger partial charge in [-0.1, -0.05) is 13.3 Å². The van der Waals surface area contributed by atoms with E-state index in [2.05, 4.69) is 12.2 Å². The molecule has 3 nitrogen and oxygen atoms in total. The third kappa shape index (κ3) is 5.11. The summed E-state index contributed by atoms with van der Waals surface area (Å²) in [5.74, 6) is 1.92. The fourth-order valence-electron chi connectivity index (χ4n) is 2.29. The summed E-state index contributed by atoms with van der Waals surface area (Å²) in [4.78, 5) is 21.9. The monoisotopic (exact) mass is 257 g/mol. The number of rotatable bonds is 6. The number of hydrogen-bond donors (Lipinski definition) is 1. The van der Waals surface area contributed by atoms with E-state index in [0.717, 1.165) is 25.0 Å². The van der Waals surface area contributed by atoms with Gasteiger partial charge in [-0.3, -0.25) is 4.79 Å². The Hall–Kier alpha value is -0.510. The van der Waals surface area contributed by atoms with Gasteiger partial charge in [-0.2, -0.15) is 11.8 Å². The molecule has 0 radical (unpaired) electrons. The molecule has 0 aliphatic carbocycles. The molecule has 1 aliphatic heterocycles. The summed E-state index contributed by atoms with van der Waals surface area (Å²) in [5, 5.41) is 3.65. The minimum Gasteiger partial charge on any atom is -0.352 e. The molecule has 1 aliphatic rings. The average molecular weight is 257 g/mol. The van der Waals surface area contributed by atoms with E-state index in [1.807, 2.05) is 11.8 Å². The van der Waals surface area contributed by atoms with Crippen LogP contribution in [-0.2, 0) is 9.59 Å². The number of hydrogen-bond acceptors (Lipinski definition) is 3. The van der Waals surface area contributed by atoms with Crippen molar-refractivity contribution >= 4 is 23.5 Å². The Labute approximate surface area is 108 Å². The van der Waals surface area contributed by atoms with E-state index in [0.29, 0.717) is 23.6 Å². The highest BCUT2D eigenvalue weighted by atomic mass is 32.2. The van der Waals surface area contributed by atoms with E-state index in [4.69, 9.17) is 0 Å². The molecule has 1 saturated heterocycles. The summed E-state index contributed by atoms with van der Waals surface area (Å²) in [6.07, 6.45) is 3.99. The summed E-state index contributed by atoms with van der Waals surface area (Å²) in [5.41, 5.74) is 0. The number of amides is 1. The number of ketones is 1. The largest absolute Gasteiger partial charge is 0.352 e. The van der Waals surface area contributed by atoms with Gasteiger partial charge in [-0.05, 0) is 25.7 Å². The zero-order chi connectivity index (χ0) is 12.8. The van der Waals surface area contributed by atoms with Crippen LogP contribution in [0.25, 0.3) is 0 Å². The van der Waals surface area contributed by atoms with Crippen LogP contribution in [0.15, 0.2) is 0 Å². The van der Waals surface area contributed by atoms with Crippen LogP contribution in [0.1, 0.15) is 46.5 Å². The molecule has 98 valence electrons. The zero-order valence-corrected chi connectivity index (χ0v) is 11.8. The second-order valence-electron chi connectivity index (χ2n) is 4.99. The Morgan fingerprint density at radius 2 is 2.00 bits per heavy atom. The highest BCUT2D eigenvalue weighted by molar-refractivity contribution is 8.00. The fraction of sp³-hybridized carbons (Fsp3) is 0.846. The summed E-state index contributed by atoms with van der Waals surface area (Å²) >= 11 is 1.96. The van der Waals surface area contributed by atoms with Crippen molar-refractivity contribution in [3.8, 4) is 0 Å². The van der Waals surface area contributed by atoms with Gasteiger partial charge in [0, 0.05) is 30.4 Å². The fourth-order valence-corrected chi connectivity index (χ4v) is 3.96. The van der Waals surface area contributed by atoms with Crippen LogP contribution in [0.3, 0.4) is 0 Å². The number of Topliss-reactive ketones (excluding diaryl/α,β-unsaturated/α-hetero) is 1.